The Bertz CT molecular complexity index is 967. The molecule has 1 aromatic carbocycles. The highest BCUT2D eigenvalue weighted by molar-refractivity contribution is 5.94. The molecular weight excluding hydrogens is 354 g/mol. The van der Waals surface area contributed by atoms with Crippen molar-refractivity contribution in [1.29, 1.82) is 0 Å². The first kappa shape index (κ1) is 18.4. The van der Waals surface area contributed by atoms with E-state index < -0.39 is 29.5 Å². The summed E-state index contributed by atoms with van der Waals surface area (Å²) in [7, 11) is 1.49. The van der Waals surface area contributed by atoms with Crippen LogP contribution >= 0.6 is 0 Å². The fourth-order valence-electron chi connectivity index (χ4n) is 3.03. The van der Waals surface area contributed by atoms with Crippen LogP contribution in [0.2, 0.25) is 0 Å². The molecule has 1 aliphatic heterocycles. The van der Waals surface area contributed by atoms with Crippen molar-refractivity contribution in [2.24, 2.45) is 5.73 Å². The van der Waals surface area contributed by atoms with Crippen LogP contribution in [0.1, 0.15) is 18.4 Å². The summed E-state index contributed by atoms with van der Waals surface area (Å²) < 4.78 is 10.3. The zero-order valence-corrected chi connectivity index (χ0v) is 14.6. The molecule has 0 bridgehead atoms. The Balaban J connectivity index is 1.86. The van der Waals surface area contributed by atoms with E-state index in [4.69, 9.17) is 14.9 Å². The second kappa shape index (κ2) is 7.48. The Morgan fingerprint density at radius 1 is 1.37 bits per heavy atom. The summed E-state index contributed by atoms with van der Waals surface area (Å²) in [5.41, 5.74) is 5.63. The molecule has 2 aromatic rings. The van der Waals surface area contributed by atoms with Crippen LogP contribution in [0, 0.1) is 0 Å². The first-order valence-corrected chi connectivity index (χ1v) is 8.37. The molecule has 0 saturated carbocycles. The summed E-state index contributed by atoms with van der Waals surface area (Å²) in [6.07, 6.45) is 0.621. The molecule has 4 N–H and O–H groups in total. The molecule has 142 valence electrons. The van der Waals surface area contributed by atoms with Crippen LogP contribution in [0.15, 0.2) is 33.5 Å². The van der Waals surface area contributed by atoms with Crippen LogP contribution < -0.4 is 26.7 Å². The number of carbonyl (C=O) groups is 3. The van der Waals surface area contributed by atoms with Crippen molar-refractivity contribution in [3.05, 3.63) is 40.2 Å². The maximum atomic E-state index is 12.3. The van der Waals surface area contributed by atoms with E-state index in [1.807, 2.05) is 0 Å². The third-order valence-electron chi connectivity index (χ3n) is 4.43. The van der Waals surface area contributed by atoms with E-state index in [-0.39, 0.29) is 18.7 Å². The molecular formula is C18H19N3O6. The van der Waals surface area contributed by atoms with Crippen LogP contribution in [0.3, 0.4) is 0 Å². The highest BCUT2D eigenvalue weighted by Gasteiger charge is 2.30. The Morgan fingerprint density at radius 3 is 2.78 bits per heavy atom. The van der Waals surface area contributed by atoms with E-state index in [1.165, 1.54) is 13.2 Å². The maximum absolute atomic E-state index is 12.3. The predicted octanol–water partition coefficient (Wildman–Crippen LogP) is -0.407. The summed E-state index contributed by atoms with van der Waals surface area (Å²) in [6.45, 7) is 0. The third kappa shape index (κ3) is 4.08. The van der Waals surface area contributed by atoms with E-state index >= 15 is 0 Å². The van der Waals surface area contributed by atoms with Crippen molar-refractivity contribution < 1.29 is 23.5 Å². The lowest BCUT2D eigenvalue weighted by Gasteiger charge is -2.19. The molecule has 3 rings (SSSR count). The second-order valence-corrected chi connectivity index (χ2v) is 6.28. The predicted molar refractivity (Wildman–Crippen MR) is 95.0 cm³/mol. The van der Waals surface area contributed by atoms with Crippen LogP contribution in [-0.4, -0.2) is 36.9 Å². The van der Waals surface area contributed by atoms with Crippen molar-refractivity contribution >= 4 is 28.7 Å². The van der Waals surface area contributed by atoms with Gasteiger partial charge >= 0.3 is 5.63 Å². The van der Waals surface area contributed by atoms with Crippen molar-refractivity contribution in [3.63, 3.8) is 0 Å². The molecule has 0 aliphatic carbocycles. The summed E-state index contributed by atoms with van der Waals surface area (Å²) in [6, 6.07) is 4.48. The maximum Gasteiger partial charge on any atom is 0.336 e. The highest BCUT2D eigenvalue weighted by Crippen LogP contribution is 2.23. The SMILES string of the molecule is COc1ccc2c(C[C@@H](NC(=O)[C@H]3CCC(=O)N3)C(N)=O)cc(=O)oc2c1. The standard InChI is InChI=1S/C18H19N3O6/c1-26-10-2-3-11-9(7-16(23)27-14(11)8-10)6-13(17(19)24)21-18(25)12-4-5-15(22)20-12/h2-3,7-8,12-13H,4-6H2,1H3,(H2,19,24)(H,20,22)(H,21,25)/t12-,13-/m1/s1. The monoisotopic (exact) mass is 373 g/mol. The Morgan fingerprint density at radius 2 is 2.15 bits per heavy atom. The molecule has 1 aromatic heterocycles. The summed E-state index contributed by atoms with van der Waals surface area (Å²) in [5.74, 6) is -0.938. The van der Waals surface area contributed by atoms with Gasteiger partial charge in [0.15, 0.2) is 0 Å². The van der Waals surface area contributed by atoms with Crippen molar-refractivity contribution in [2.45, 2.75) is 31.3 Å². The van der Waals surface area contributed by atoms with Gasteiger partial charge in [0.25, 0.3) is 0 Å². The molecule has 1 fully saturated rings. The van der Waals surface area contributed by atoms with Crippen LogP contribution in [-0.2, 0) is 20.8 Å². The second-order valence-electron chi connectivity index (χ2n) is 6.28. The zero-order valence-electron chi connectivity index (χ0n) is 14.6. The first-order valence-electron chi connectivity index (χ1n) is 8.37. The smallest absolute Gasteiger partial charge is 0.336 e. The van der Waals surface area contributed by atoms with Gasteiger partial charge in [-0.15, -0.1) is 0 Å². The largest absolute Gasteiger partial charge is 0.497 e. The average molecular weight is 373 g/mol. The summed E-state index contributed by atoms with van der Waals surface area (Å²) in [5, 5.41) is 5.68. The number of nitrogens with two attached hydrogens (primary N) is 1. The van der Waals surface area contributed by atoms with Gasteiger partial charge in [-0.05, 0) is 24.1 Å². The van der Waals surface area contributed by atoms with E-state index in [1.54, 1.807) is 18.2 Å². The summed E-state index contributed by atoms with van der Waals surface area (Å²) >= 11 is 0. The normalized spacial score (nSPS) is 17.4. The number of rotatable bonds is 6. The van der Waals surface area contributed by atoms with E-state index in [9.17, 15) is 19.2 Å². The molecule has 9 heteroatoms. The average Bonchev–Trinajstić information content (AvgIpc) is 3.06. The highest BCUT2D eigenvalue weighted by atomic mass is 16.5. The van der Waals surface area contributed by atoms with Gasteiger partial charge in [-0.1, -0.05) is 0 Å². The molecule has 1 aliphatic rings. The molecule has 0 unspecified atom stereocenters. The van der Waals surface area contributed by atoms with Crippen LogP contribution in [0.5, 0.6) is 5.75 Å². The lowest BCUT2D eigenvalue weighted by molar-refractivity contribution is -0.129. The molecule has 3 amide bonds. The molecule has 0 radical (unpaired) electrons. The number of hydrogen-bond donors (Lipinski definition) is 3. The minimum Gasteiger partial charge on any atom is -0.497 e. The van der Waals surface area contributed by atoms with Gasteiger partial charge in [-0.3, -0.25) is 14.4 Å². The molecule has 2 heterocycles. The molecule has 1 saturated heterocycles. The summed E-state index contributed by atoms with van der Waals surface area (Å²) in [4.78, 5) is 47.2. The Kier molecular flexibility index (Phi) is 5.11. The fraction of sp³-hybridized carbons (Fsp3) is 0.333. The number of benzene rings is 1. The minimum atomic E-state index is -1.04. The topological polar surface area (TPSA) is 141 Å². The number of amides is 3. The molecule has 2 atom stereocenters. The lowest BCUT2D eigenvalue weighted by atomic mass is 10.0. The number of methoxy groups -OCH3 is 1. The number of hydrogen-bond acceptors (Lipinski definition) is 6. The van der Waals surface area contributed by atoms with E-state index in [0.29, 0.717) is 28.7 Å². The van der Waals surface area contributed by atoms with Gasteiger partial charge < -0.3 is 25.5 Å². The zero-order chi connectivity index (χ0) is 19.6. The van der Waals surface area contributed by atoms with Gasteiger partial charge in [0.2, 0.25) is 17.7 Å². The van der Waals surface area contributed by atoms with Gasteiger partial charge in [0.05, 0.1) is 7.11 Å². The Labute approximate surface area is 153 Å². The Hall–Kier alpha value is -3.36. The van der Waals surface area contributed by atoms with Crippen molar-refractivity contribution in [2.75, 3.05) is 7.11 Å². The number of fused-ring (bicyclic) bond motifs is 1. The van der Waals surface area contributed by atoms with E-state index in [2.05, 4.69) is 10.6 Å². The van der Waals surface area contributed by atoms with Gasteiger partial charge in [-0.25, -0.2) is 4.79 Å². The van der Waals surface area contributed by atoms with Gasteiger partial charge in [-0.2, -0.15) is 0 Å². The number of primary amides is 1. The van der Waals surface area contributed by atoms with Crippen LogP contribution in [0.4, 0.5) is 0 Å². The van der Waals surface area contributed by atoms with Gasteiger partial charge in [0.1, 0.15) is 23.4 Å². The molecule has 0 spiro atoms. The lowest BCUT2D eigenvalue weighted by Crippen LogP contribution is -2.51. The van der Waals surface area contributed by atoms with E-state index in [0.717, 1.165) is 0 Å². The third-order valence-corrected chi connectivity index (χ3v) is 4.43. The number of nitrogens with one attached hydrogen (secondary N) is 2. The fourth-order valence-corrected chi connectivity index (χ4v) is 3.03. The minimum absolute atomic E-state index is 0.0101. The number of ether oxygens (including phenoxy) is 1. The molecule has 27 heavy (non-hydrogen) atoms. The van der Waals surface area contributed by atoms with Crippen molar-refractivity contribution in [1.82, 2.24) is 10.6 Å². The van der Waals surface area contributed by atoms with Crippen molar-refractivity contribution in [3.8, 4) is 5.75 Å². The quantitative estimate of drug-likeness (QED) is 0.588. The number of carbonyl (C=O) groups excluding carboxylic acids is 3. The van der Waals surface area contributed by atoms with Crippen LogP contribution in [0.25, 0.3) is 11.0 Å². The molecule has 9 nitrogen and oxygen atoms in total. The van der Waals surface area contributed by atoms with Gasteiger partial charge in [0, 0.05) is 30.4 Å². The first-order chi connectivity index (χ1) is 12.9.